The third-order valence-electron chi connectivity index (χ3n) is 5.96. The van der Waals surface area contributed by atoms with Crippen molar-refractivity contribution in [3.05, 3.63) is 62.3 Å². The standard InChI is InChI=1S/C22H22N2O7/c1-2-23-7-6-14(15(23)11-25)20-16(26)9-17(27)21-18(28)10-19(31-22(20)21)12-4-3-5-13(8-12)24(29)30/h3-5,8-10,14-15,25-27H,2,6-7,11H2,1H3/t14-,15+/m0/s1. The normalized spacial score (nSPS) is 19.2. The molecule has 31 heavy (non-hydrogen) atoms. The van der Waals surface area contributed by atoms with Gasteiger partial charge >= 0.3 is 0 Å². The number of phenols is 2. The summed E-state index contributed by atoms with van der Waals surface area (Å²) in [6, 6.07) is 7.67. The van der Waals surface area contributed by atoms with Gasteiger partial charge in [0.2, 0.25) is 0 Å². The Balaban J connectivity index is 1.97. The summed E-state index contributed by atoms with van der Waals surface area (Å²) in [5.41, 5.74) is -0.0104. The number of likely N-dealkylation sites (N-methyl/N-ethyl adjacent to an activating group) is 1. The molecule has 1 aliphatic rings. The number of aliphatic hydroxyl groups is 1. The predicted molar refractivity (Wildman–Crippen MR) is 113 cm³/mol. The summed E-state index contributed by atoms with van der Waals surface area (Å²) in [7, 11) is 0. The number of hydrogen-bond donors (Lipinski definition) is 3. The number of nitro groups is 1. The molecule has 2 aromatic carbocycles. The Morgan fingerprint density at radius 1 is 1.23 bits per heavy atom. The van der Waals surface area contributed by atoms with Gasteiger partial charge in [-0.05, 0) is 19.5 Å². The number of aromatic hydroxyl groups is 2. The lowest BCUT2D eigenvalue weighted by Crippen LogP contribution is -2.35. The average Bonchev–Trinajstić information content (AvgIpc) is 3.15. The average molecular weight is 426 g/mol. The molecule has 0 bridgehead atoms. The van der Waals surface area contributed by atoms with Crippen LogP contribution in [0.25, 0.3) is 22.3 Å². The van der Waals surface area contributed by atoms with Gasteiger partial charge in [-0.2, -0.15) is 0 Å². The smallest absolute Gasteiger partial charge is 0.270 e. The van der Waals surface area contributed by atoms with Gasteiger partial charge in [-0.3, -0.25) is 19.8 Å². The first-order chi connectivity index (χ1) is 14.8. The number of hydrogen-bond acceptors (Lipinski definition) is 8. The molecule has 2 heterocycles. The molecule has 0 unspecified atom stereocenters. The minimum absolute atomic E-state index is 0.0212. The van der Waals surface area contributed by atoms with Gasteiger partial charge < -0.3 is 19.7 Å². The van der Waals surface area contributed by atoms with E-state index in [1.54, 1.807) is 6.07 Å². The van der Waals surface area contributed by atoms with Gasteiger partial charge in [0.25, 0.3) is 5.69 Å². The summed E-state index contributed by atoms with van der Waals surface area (Å²) in [6.07, 6.45) is 0.622. The molecule has 1 fully saturated rings. The van der Waals surface area contributed by atoms with E-state index >= 15 is 0 Å². The lowest BCUT2D eigenvalue weighted by atomic mass is 9.89. The second-order valence-corrected chi connectivity index (χ2v) is 7.59. The monoisotopic (exact) mass is 426 g/mol. The summed E-state index contributed by atoms with van der Waals surface area (Å²) in [5.74, 6) is -0.887. The molecule has 162 valence electrons. The number of fused-ring (bicyclic) bond motifs is 1. The number of nitrogens with zero attached hydrogens (tertiary/aromatic N) is 2. The molecule has 0 saturated carbocycles. The van der Waals surface area contributed by atoms with E-state index in [0.29, 0.717) is 30.6 Å². The van der Waals surface area contributed by atoms with E-state index in [1.807, 2.05) is 6.92 Å². The van der Waals surface area contributed by atoms with E-state index < -0.39 is 16.1 Å². The fourth-order valence-electron chi connectivity index (χ4n) is 4.48. The van der Waals surface area contributed by atoms with Gasteiger partial charge in [0.15, 0.2) is 5.43 Å². The predicted octanol–water partition coefficient (Wildman–Crippen LogP) is 2.95. The fraction of sp³-hybridized carbons (Fsp3) is 0.318. The Morgan fingerprint density at radius 3 is 2.68 bits per heavy atom. The van der Waals surface area contributed by atoms with E-state index in [0.717, 1.165) is 6.07 Å². The quantitative estimate of drug-likeness (QED) is 0.418. The van der Waals surface area contributed by atoms with Crippen LogP contribution in [-0.4, -0.2) is 50.9 Å². The fourth-order valence-corrected chi connectivity index (χ4v) is 4.48. The molecule has 2 atom stereocenters. The van der Waals surface area contributed by atoms with Crippen LogP contribution >= 0.6 is 0 Å². The van der Waals surface area contributed by atoms with Crippen LogP contribution < -0.4 is 5.43 Å². The Hall–Kier alpha value is -3.43. The second-order valence-electron chi connectivity index (χ2n) is 7.59. The number of rotatable bonds is 5. The third-order valence-corrected chi connectivity index (χ3v) is 5.96. The summed E-state index contributed by atoms with van der Waals surface area (Å²) in [5, 5.41) is 42.0. The lowest BCUT2D eigenvalue weighted by molar-refractivity contribution is -0.384. The van der Waals surface area contributed by atoms with Gasteiger partial charge in [0, 0.05) is 47.4 Å². The van der Waals surface area contributed by atoms with E-state index in [9.17, 15) is 30.2 Å². The zero-order valence-corrected chi connectivity index (χ0v) is 16.8. The first kappa shape index (κ1) is 20.8. The van der Waals surface area contributed by atoms with E-state index in [2.05, 4.69) is 4.90 Å². The van der Waals surface area contributed by atoms with Gasteiger partial charge in [0.1, 0.15) is 28.2 Å². The van der Waals surface area contributed by atoms with Crippen molar-refractivity contribution in [3.8, 4) is 22.8 Å². The van der Waals surface area contributed by atoms with Crippen LogP contribution in [0.5, 0.6) is 11.5 Å². The van der Waals surface area contributed by atoms with Crippen molar-refractivity contribution >= 4 is 16.7 Å². The highest BCUT2D eigenvalue weighted by molar-refractivity contribution is 5.89. The molecule has 3 N–H and O–H groups in total. The van der Waals surface area contributed by atoms with E-state index in [-0.39, 0.29) is 46.7 Å². The maximum Gasteiger partial charge on any atom is 0.270 e. The van der Waals surface area contributed by atoms with Crippen molar-refractivity contribution in [3.63, 3.8) is 0 Å². The van der Waals surface area contributed by atoms with Crippen LogP contribution in [0.1, 0.15) is 24.8 Å². The summed E-state index contributed by atoms with van der Waals surface area (Å²) < 4.78 is 5.99. The molecule has 1 aliphatic heterocycles. The molecule has 0 radical (unpaired) electrons. The van der Waals surface area contributed by atoms with E-state index in [4.69, 9.17) is 4.42 Å². The number of nitro benzene ring substituents is 1. The zero-order valence-electron chi connectivity index (χ0n) is 16.8. The van der Waals surface area contributed by atoms with Crippen LogP contribution in [0.4, 0.5) is 5.69 Å². The SMILES string of the molecule is CCN1CC[C@H](c2c(O)cc(O)c3c(=O)cc(-c4cccc([N+](=O)[O-])c4)oc23)[C@H]1CO. The van der Waals surface area contributed by atoms with Crippen molar-refractivity contribution in [2.75, 3.05) is 19.7 Å². The van der Waals surface area contributed by atoms with Crippen molar-refractivity contribution in [1.82, 2.24) is 4.90 Å². The molecule has 0 amide bonds. The summed E-state index contributed by atoms with van der Waals surface area (Å²) in [6.45, 7) is 3.24. The van der Waals surface area contributed by atoms with Crippen LogP contribution in [0, 0.1) is 10.1 Å². The number of aliphatic hydroxyl groups excluding tert-OH is 1. The second kappa shape index (κ2) is 8.01. The summed E-state index contributed by atoms with van der Waals surface area (Å²) in [4.78, 5) is 25.5. The van der Waals surface area contributed by atoms with Gasteiger partial charge in [-0.25, -0.2) is 0 Å². The van der Waals surface area contributed by atoms with Gasteiger partial charge in [0.05, 0.1) is 11.5 Å². The minimum atomic E-state index is -0.546. The Kier molecular flexibility index (Phi) is 5.38. The van der Waals surface area contributed by atoms with E-state index in [1.165, 1.54) is 24.3 Å². The van der Waals surface area contributed by atoms with Crippen molar-refractivity contribution in [2.24, 2.45) is 0 Å². The number of non-ortho nitro benzene ring substituents is 1. The minimum Gasteiger partial charge on any atom is -0.507 e. The van der Waals surface area contributed by atoms with Crippen LogP contribution in [-0.2, 0) is 0 Å². The Labute approximate surface area is 176 Å². The number of phenolic OH excluding ortho intramolecular Hbond substituents is 2. The molecular formula is C22H22N2O7. The number of benzene rings is 2. The summed E-state index contributed by atoms with van der Waals surface area (Å²) >= 11 is 0. The number of likely N-dealkylation sites (tertiary alicyclic amines) is 1. The highest BCUT2D eigenvalue weighted by Crippen LogP contribution is 2.44. The highest BCUT2D eigenvalue weighted by atomic mass is 16.6. The molecule has 4 rings (SSSR count). The largest absolute Gasteiger partial charge is 0.507 e. The van der Waals surface area contributed by atoms with Crippen LogP contribution in [0.3, 0.4) is 0 Å². The first-order valence-corrected chi connectivity index (χ1v) is 9.98. The first-order valence-electron chi connectivity index (χ1n) is 9.98. The van der Waals surface area contributed by atoms with Crippen molar-refractivity contribution in [1.29, 1.82) is 0 Å². The molecule has 1 saturated heterocycles. The maximum absolute atomic E-state index is 12.9. The molecule has 9 heteroatoms. The molecule has 1 aromatic heterocycles. The topological polar surface area (TPSA) is 137 Å². The molecule has 0 spiro atoms. The highest BCUT2D eigenvalue weighted by Gasteiger charge is 2.37. The van der Waals surface area contributed by atoms with Gasteiger partial charge in [-0.1, -0.05) is 19.1 Å². The van der Waals surface area contributed by atoms with Crippen LogP contribution in [0.2, 0.25) is 0 Å². The maximum atomic E-state index is 12.9. The molecule has 0 aliphatic carbocycles. The van der Waals surface area contributed by atoms with Crippen LogP contribution in [0.15, 0.2) is 45.6 Å². The molecule has 9 nitrogen and oxygen atoms in total. The molecular weight excluding hydrogens is 404 g/mol. The Bertz CT molecular complexity index is 1220. The third kappa shape index (κ3) is 3.51. The van der Waals surface area contributed by atoms with Crippen molar-refractivity contribution in [2.45, 2.75) is 25.3 Å². The van der Waals surface area contributed by atoms with Crippen molar-refractivity contribution < 1.29 is 24.7 Å². The molecule has 3 aromatic rings. The lowest BCUT2D eigenvalue weighted by Gasteiger charge is -2.26. The van der Waals surface area contributed by atoms with Gasteiger partial charge in [-0.15, -0.1) is 0 Å². The zero-order chi connectivity index (χ0) is 22.3. The Morgan fingerprint density at radius 2 is 2.00 bits per heavy atom.